The van der Waals surface area contributed by atoms with Gasteiger partial charge in [0, 0.05) is 12.1 Å². The lowest BCUT2D eigenvalue weighted by molar-refractivity contribution is 0.271. The van der Waals surface area contributed by atoms with Crippen LogP contribution in [-0.4, -0.2) is 6.04 Å². The molecule has 1 N–H and O–H groups in total. The Hall–Kier alpha value is -1.60. The van der Waals surface area contributed by atoms with Crippen LogP contribution < -0.4 is 5.32 Å². The first-order valence-electron chi connectivity index (χ1n) is 8.01. The lowest BCUT2D eigenvalue weighted by Crippen LogP contribution is -2.41. The van der Waals surface area contributed by atoms with Crippen LogP contribution >= 0.6 is 0 Å². The zero-order chi connectivity index (χ0) is 14.8. The molecule has 0 aromatic heterocycles. The van der Waals surface area contributed by atoms with Crippen LogP contribution in [0.4, 0.5) is 0 Å². The van der Waals surface area contributed by atoms with E-state index in [0.717, 1.165) is 5.92 Å². The highest BCUT2D eigenvalue weighted by Gasteiger charge is 2.31. The molecule has 0 aliphatic heterocycles. The van der Waals surface area contributed by atoms with Gasteiger partial charge in [0.2, 0.25) is 0 Å². The molecule has 1 saturated carbocycles. The molecule has 0 amide bonds. The Kier molecular flexibility index (Phi) is 4.12. The third kappa shape index (κ3) is 3.36. The number of hydrogen-bond acceptors (Lipinski definition) is 1. The van der Waals surface area contributed by atoms with E-state index < -0.39 is 0 Å². The molecule has 0 saturated heterocycles. The molecule has 2 aromatic rings. The molecule has 1 unspecified atom stereocenters. The summed E-state index contributed by atoms with van der Waals surface area (Å²) in [5.41, 5.74) is 5.60. The van der Waals surface area contributed by atoms with Gasteiger partial charge in [0.05, 0.1) is 0 Å². The van der Waals surface area contributed by atoms with Gasteiger partial charge in [0.25, 0.3) is 0 Å². The minimum Gasteiger partial charge on any atom is -0.307 e. The molecule has 1 aliphatic rings. The van der Waals surface area contributed by atoms with Crippen LogP contribution in [0.25, 0.3) is 0 Å². The Bertz CT molecular complexity index is 593. The summed E-state index contributed by atoms with van der Waals surface area (Å²) in [6, 6.07) is 18.9. The van der Waals surface area contributed by atoms with E-state index in [1.807, 2.05) is 0 Å². The monoisotopic (exact) mass is 279 g/mol. The predicted octanol–water partition coefficient (Wildman–Crippen LogP) is 4.90. The van der Waals surface area contributed by atoms with E-state index in [2.05, 4.69) is 74.6 Å². The van der Waals surface area contributed by atoms with Crippen LogP contribution in [0, 0.1) is 13.8 Å². The van der Waals surface area contributed by atoms with Crippen molar-refractivity contribution in [3.8, 4) is 0 Å². The minimum atomic E-state index is 0.439. The summed E-state index contributed by atoms with van der Waals surface area (Å²) >= 11 is 0. The average Bonchev–Trinajstić information content (AvgIpc) is 2.43. The van der Waals surface area contributed by atoms with Crippen LogP contribution in [-0.2, 0) is 0 Å². The van der Waals surface area contributed by atoms with Gasteiger partial charge in [-0.25, -0.2) is 0 Å². The van der Waals surface area contributed by atoms with Crippen molar-refractivity contribution >= 4 is 0 Å². The average molecular weight is 279 g/mol. The van der Waals surface area contributed by atoms with Crippen LogP contribution in [0.2, 0.25) is 0 Å². The first kappa shape index (κ1) is 14.3. The summed E-state index contributed by atoms with van der Waals surface area (Å²) < 4.78 is 0. The third-order valence-electron chi connectivity index (χ3n) is 4.71. The van der Waals surface area contributed by atoms with E-state index in [9.17, 15) is 0 Å². The molecule has 21 heavy (non-hydrogen) atoms. The van der Waals surface area contributed by atoms with E-state index in [0.29, 0.717) is 12.1 Å². The zero-order valence-corrected chi connectivity index (χ0v) is 13.3. The topological polar surface area (TPSA) is 12.0 Å². The second kappa shape index (κ2) is 6.03. The lowest BCUT2D eigenvalue weighted by Gasteiger charge is -2.38. The molecule has 110 valence electrons. The fraction of sp³-hybridized carbons (Fsp3) is 0.400. The van der Waals surface area contributed by atoms with Crippen LogP contribution in [0.3, 0.4) is 0 Å². The third-order valence-corrected chi connectivity index (χ3v) is 4.71. The molecule has 1 aliphatic carbocycles. The first-order valence-corrected chi connectivity index (χ1v) is 8.01. The Morgan fingerprint density at radius 1 is 0.952 bits per heavy atom. The van der Waals surface area contributed by atoms with E-state index >= 15 is 0 Å². The Morgan fingerprint density at radius 3 is 2.33 bits per heavy atom. The van der Waals surface area contributed by atoms with Gasteiger partial charge in [-0.15, -0.1) is 0 Å². The van der Waals surface area contributed by atoms with Crippen molar-refractivity contribution in [2.24, 2.45) is 0 Å². The Morgan fingerprint density at radius 2 is 1.67 bits per heavy atom. The maximum atomic E-state index is 3.77. The summed E-state index contributed by atoms with van der Waals surface area (Å²) in [7, 11) is 0. The number of benzene rings is 2. The van der Waals surface area contributed by atoms with Gasteiger partial charge < -0.3 is 5.32 Å². The molecule has 1 fully saturated rings. The van der Waals surface area contributed by atoms with Gasteiger partial charge in [0.1, 0.15) is 0 Å². The van der Waals surface area contributed by atoms with Gasteiger partial charge in [-0.05, 0) is 50.7 Å². The van der Waals surface area contributed by atoms with Crippen molar-refractivity contribution in [2.75, 3.05) is 0 Å². The Balaban J connectivity index is 1.54. The lowest BCUT2D eigenvalue weighted by atomic mass is 9.75. The number of hydrogen-bond donors (Lipinski definition) is 1. The zero-order valence-electron chi connectivity index (χ0n) is 13.3. The van der Waals surface area contributed by atoms with Gasteiger partial charge in [-0.3, -0.25) is 0 Å². The molecule has 1 heteroatoms. The van der Waals surface area contributed by atoms with Crippen molar-refractivity contribution < 1.29 is 0 Å². The molecular formula is C20H25N. The summed E-state index contributed by atoms with van der Waals surface area (Å²) in [6.07, 6.45) is 2.53. The van der Waals surface area contributed by atoms with Crippen LogP contribution in [0.1, 0.15) is 54.0 Å². The molecule has 1 atom stereocenters. The second-order valence-electron chi connectivity index (χ2n) is 6.58. The standard InChI is InChI=1S/C20H25N/c1-14-7-9-17(10-8-14)16(3)21-20-12-19(13-20)18-6-4-5-15(2)11-18/h4-11,16,19-21H,12-13H2,1-3H3. The normalized spacial score (nSPS) is 22.6. The van der Waals surface area contributed by atoms with Gasteiger partial charge in [-0.1, -0.05) is 59.7 Å². The predicted molar refractivity (Wildman–Crippen MR) is 89.7 cm³/mol. The van der Waals surface area contributed by atoms with Crippen molar-refractivity contribution in [2.45, 2.75) is 51.6 Å². The minimum absolute atomic E-state index is 0.439. The SMILES string of the molecule is Cc1ccc(C(C)NC2CC(c3cccc(C)c3)C2)cc1. The highest BCUT2D eigenvalue weighted by Crippen LogP contribution is 2.38. The quantitative estimate of drug-likeness (QED) is 0.839. The molecular weight excluding hydrogens is 254 g/mol. The fourth-order valence-electron chi connectivity index (χ4n) is 3.26. The second-order valence-corrected chi connectivity index (χ2v) is 6.58. The van der Waals surface area contributed by atoms with Crippen molar-refractivity contribution in [3.05, 3.63) is 70.8 Å². The molecule has 0 heterocycles. The highest BCUT2D eigenvalue weighted by atomic mass is 15.0. The smallest absolute Gasteiger partial charge is 0.0294 e. The highest BCUT2D eigenvalue weighted by molar-refractivity contribution is 5.28. The largest absolute Gasteiger partial charge is 0.307 e. The van der Waals surface area contributed by atoms with Gasteiger partial charge in [-0.2, -0.15) is 0 Å². The maximum absolute atomic E-state index is 3.77. The summed E-state index contributed by atoms with van der Waals surface area (Å²) in [5.74, 6) is 0.743. The van der Waals surface area contributed by atoms with E-state index in [1.165, 1.54) is 35.1 Å². The molecule has 3 rings (SSSR count). The number of aryl methyl sites for hydroxylation is 2. The Labute approximate surface area is 128 Å². The maximum Gasteiger partial charge on any atom is 0.0294 e. The summed E-state index contributed by atoms with van der Waals surface area (Å²) in [4.78, 5) is 0. The molecule has 1 nitrogen and oxygen atoms in total. The summed E-state index contributed by atoms with van der Waals surface area (Å²) in [5, 5.41) is 3.77. The van der Waals surface area contributed by atoms with Crippen molar-refractivity contribution in [1.82, 2.24) is 5.32 Å². The van der Waals surface area contributed by atoms with E-state index in [-0.39, 0.29) is 0 Å². The van der Waals surface area contributed by atoms with E-state index in [1.54, 1.807) is 0 Å². The molecule has 0 radical (unpaired) electrons. The van der Waals surface area contributed by atoms with Crippen LogP contribution in [0.5, 0.6) is 0 Å². The fourth-order valence-corrected chi connectivity index (χ4v) is 3.26. The summed E-state index contributed by atoms with van der Waals surface area (Å²) in [6.45, 7) is 6.59. The van der Waals surface area contributed by atoms with Gasteiger partial charge in [0.15, 0.2) is 0 Å². The molecule has 0 bridgehead atoms. The molecule has 2 aromatic carbocycles. The number of rotatable bonds is 4. The van der Waals surface area contributed by atoms with Crippen molar-refractivity contribution in [1.29, 1.82) is 0 Å². The van der Waals surface area contributed by atoms with E-state index in [4.69, 9.17) is 0 Å². The first-order chi connectivity index (χ1) is 10.1. The van der Waals surface area contributed by atoms with Crippen molar-refractivity contribution in [3.63, 3.8) is 0 Å². The van der Waals surface area contributed by atoms with Gasteiger partial charge >= 0.3 is 0 Å². The van der Waals surface area contributed by atoms with Crippen LogP contribution in [0.15, 0.2) is 48.5 Å². The number of nitrogens with one attached hydrogen (secondary N) is 1. The molecule has 0 spiro atoms.